The zero-order valence-electron chi connectivity index (χ0n) is 16.4. The highest BCUT2D eigenvalue weighted by Crippen LogP contribution is 2.23. The fraction of sp³-hybridized carbons (Fsp3) is 0. The topological polar surface area (TPSA) is 128 Å². The van der Waals surface area contributed by atoms with E-state index in [1.54, 1.807) is 24.3 Å². The predicted octanol–water partition coefficient (Wildman–Crippen LogP) is 3.97. The Morgan fingerprint density at radius 2 is 1.62 bits per heavy atom. The van der Waals surface area contributed by atoms with Crippen LogP contribution >= 0.6 is 11.8 Å². The zero-order chi connectivity index (χ0) is 22.3. The van der Waals surface area contributed by atoms with Crippen LogP contribution in [0.4, 0.5) is 11.4 Å². The Morgan fingerprint density at radius 1 is 0.969 bits per heavy atom. The van der Waals surface area contributed by atoms with Crippen molar-refractivity contribution in [2.45, 2.75) is 5.16 Å². The van der Waals surface area contributed by atoms with Gasteiger partial charge in [0.2, 0.25) is 10.9 Å². The van der Waals surface area contributed by atoms with E-state index in [2.05, 4.69) is 26.1 Å². The fourth-order valence-corrected chi connectivity index (χ4v) is 3.45. The number of nitro groups is 1. The third kappa shape index (κ3) is 4.84. The van der Waals surface area contributed by atoms with E-state index >= 15 is 0 Å². The van der Waals surface area contributed by atoms with E-state index in [1.165, 1.54) is 28.9 Å². The normalized spacial score (nSPS) is 11.2. The van der Waals surface area contributed by atoms with E-state index in [0.29, 0.717) is 16.4 Å². The van der Waals surface area contributed by atoms with Crippen molar-refractivity contribution in [1.29, 1.82) is 0 Å². The molecule has 4 aromatic rings. The number of carbonyl (C=O) groups is 1. The largest absolute Gasteiger partial charge is 0.286 e. The number of hydrazone groups is 1. The van der Waals surface area contributed by atoms with Crippen molar-refractivity contribution in [3.8, 4) is 5.69 Å². The van der Waals surface area contributed by atoms with Crippen LogP contribution in [-0.4, -0.2) is 36.0 Å². The number of para-hydroxylation sites is 1. The van der Waals surface area contributed by atoms with Crippen molar-refractivity contribution in [2.24, 2.45) is 5.10 Å². The summed E-state index contributed by atoms with van der Waals surface area (Å²) in [6.07, 6.45) is 0. The van der Waals surface area contributed by atoms with Crippen molar-refractivity contribution < 1.29 is 9.72 Å². The molecule has 0 saturated carbocycles. The molecule has 1 aromatic heterocycles. The van der Waals surface area contributed by atoms with Crippen LogP contribution in [0.3, 0.4) is 0 Å². The van der Waals surface area contributed by atoms with E-state index in [0.717, 1.165) is 17.4 Å². The molecule has 0 bridgehead atoms. The van der Waals surface area contributed by atoms with Crippen LogP contribution in [-0.2, 0) is 0 Å². The minimum atomic E-state index is -0.489. The van der Waals surface area contributed by atoms with Gasteiger partial charge in [-0.25, -0.2) is 0 Å². The second kappa shape index (κ2) is 9.62. The number of hydrogen-bond acceptors (Lipinski definition) is 9. The Labute approximate surface area is 186 Å². The van der Waals surface area contributed by atoms with Crippen LogP contribution in [0.15, 0.2) is 95.2 Å². The molecule has 0 aliphatic carbocycles. The number of thioether (sulfide) groups is 1. The molecule has 0 unspecified atom stereocenters. The molecule has 3 aromatic carbocycles. The minimum Gasteiger partial charge on any atom is -0.286 e. The molecule has 4 rings (SSSR count). The number of anilines is 1. The summed E-state index contributed by atoms with van der Waals surface area (Å²) in [5.41, 5.74) is 4.40. The summed E-state index contributed by atoms with van der Waals surface area (Å²) in [5, 5.41) is 27.3. The maximum absolute atomic E-state index is 13.1. The van der Waals surface area contributed by atoms with Crippen molar-refractivity contribution >= 4 is 34.0 Å². The number of nitro benzene ring substituents is 1. The lowest BCUT2D eigenvalue weighted by Gasteiger charge is -2.07. The molecule has 0 spiro atoms. The first-order valence-electron chi connectivity index (χ1n) is 9.31. The molecule has 0 radical (unpaired) electrons. The number of aromatic nitrogens is 4. The van der Waals surface area contributed by atoms with Gasteiger partial charge in [0.05, 0.1) is 16.3 Å². The number of ketones is 1. The number of benzene rings is 3. The van der Waals surface area contributed by atoms with Gasteiger partial charge in [-0.1, -0.05) is 48.5 Å². The van der Waals surface area contributed by atoms with E-state index in [-0.39, 0.29) is 16.5 Å². The molecule has 1 heterocycles. The van der Waals surface area contributed by atoms with Gasteiger partial charge in [0.1, 0.15) is 0 Å². The Kier molecular flexibility index (Phi) is 6.28. The third-order valence-corrected chi connectivity index (χ3v) is 5.13. The molecule has 0 saturated heterocycles. The SMILES string of the molecule is O=C(C(=NNc1ccc([N+](=O)[O-])cc1)Sc1nnnn1-c1ccccc1)c1ccccc1. The van der Waals surface area contributed by atoms with Gasteiger partial charge in [0, 0.05) is 17.7 Å². The zero-order valence-corrected chi connectivity index (χ0v) is 17.2. The van der Waals surface area contributed by atoms with Crippen LogP contribution in [0.2, 0.25) is 0 Å². The molecule has 0 aliphatic rings. The first-order chi connectivity index (χ1) is 15.6. The molecular formula is C21H15N7O3S. The van der Waals surface area contributed by atoms with Crippen molar-refractivity contribution in [1.82, 2.24) is 20.2 Å². The number of nitrogens with zero attached hydrogens (tertiary/aromatic N) is 6. The summed E-state index contributed by atoms with van der Waals surface area (Å²) in [4.78, 5) is 23.5. The second-order valence-electron chi connectivity index (χ2n) is 6.34. The van der Waals surface area contributed by atoms with E-state index < -0.39 is 4.92 Å². The number of nitrogens with one attached hydrogen (secondary N) is 1. The lowest BCUT2D eigenvalue weighted by Crippen LogP contribution is -2.14. The van der Waals surface area contributed by atoms with Gasteiger partial charge in [0.25, 0.3) is 5.69 Å². The standard InChI is InChI=1S/C21H15N7O3S/c29-19(15-7-3-1-4-8-15)20(23-22-16-11-13-18(14-12-16)28(30)31)32-21-24-25-26-27(21)17-9-5-2-6-10-17/h1-14,22H. The van der Waals surface area contributed by atoms with Crippen LogP contribution < -0.4 is 5.43 Å². The number of hydrogen-bond donors (Lipinski definition) is 1. The molecule has 158 valence electrons. The number of Topliss-reactive ketones (excluding diaryl/α,β-unsaturated/α-hetero) is 1. The van der Waals surface area contributed by atoms with Gasteiger partial charge in [0.15, 0.2) is 5.04 Å². The summed E-state index contributed by atoms with van der Waals surface area (Å²) in [6.45, 7) is 0. The van der Waals surface area contributed by atoms with Crippen molar-refractivity contribution in [2.75, 3.05) is 5.43 Å². The first kappa shape index (κ1) is 20.9. The van der Waals surface area contributed by atoms with Gasteiger partial charge >= 0.3 is 0 Å². The van der Waals surface area contributed by atoms with Gasteiger partial charge in [-0.3, -0.25) is 20.3 Å². The Bertz CT molecular complexity index is 1260. The molecule has 10 nitrogen and oxygen atoms in total. The number of carbonyl (C=O) groups excluding carboxylic acids is 1. The summed E-state index contributed by atoms with van der Waals surface area (Å²) in [7, 11) is 0. The maximum atomic E-state index is 13.1. The minimum absolute atomic E-state index is 0.0449. The van der Waals surface area contributed by atoms with Gasteiger partial charge in [-0.2, -0.15) is 9.78 Å². The van der Waals surface area contributed by atoms with Gasteiger partial charge in [-0.05, 0) is 46.5 Å². The number of non-ortho nitro benzene ring substituents is 1. The monoisotopic (exact) mass is 445 g/mol. The molecule has 0 amide bonds. The van der Waals surface area contributed by atoms with Crippen LogP contribution in [0.5, 0.6) is 0 Å². The lowest BCUT2D eigenvalue weighted by atomic mass is 10.1. The smallest absolute Gasteiger partial charge is 0.269 e. The summed E-state index contributed by atoms with van der Waals surface area (Å²) in [6, 6.07) is 23.7. The molecular weight excluding hydrogens is 430 g/mol. The summed E-state index contributed by atoms with van der Waals surface area (Å²) >= 11 is 1.00. The average molecular weight is 445 g/mol. The highest BCUT2D eigenvalue weighted by Gasteiger charge is 2.20. The van der Waals surface area contributed by atoms with Gasteiger partial charge in [-0.15, -0.1) is 5.10 Å². The molecule has 0 aliphatic heterocycles. The van der Waals surface area contributed by atoms with E-state index in [4.69, 9.17) is 0 Å². The maximum Gasteiger partial charge on any atom is 0.269 e. The van der Waals surface area contributed by atoms with Crippen LogP contribution in [0.1, 0.15) is 10.4 Å². The van der Waals surface area contributed by atoms with E-state index in [1.807, 2.05) is 36.4 Å². The highest BCUT2D eigenvalue weighted by atomic mass is 32.2. The molecule has 32 heavy (non-hydrogen) atoms. The molecule has 1 N–H and O–H groups in total. The predicted molar refractivity (Wildman–Crippen MR) is 120 cm³/mol. The Balaban J connectivity index is 1.64. The van der Waals surface area contributed by atoms with Crippen molar-refractivity contribution in [3.05, 3.63) is 101 Å². The van der Waals surface area contributed by atoms with Crippen LogP contribution in [0.25, 0.3) is 5.69 Å². The average Bonchev–Trinajstić information content (AvgIpc) is 3.31. The molecule has 0 fully saturated rings. The lowest BCUT2D eigenvalue weighted by molar-refractivity contribution is -0.384. The number of rotatable bonds is 7. The molecule has 0 atom stereocenters. The highest BCUT2D eigenvalue weighted by molar-refractivity contribution is 8.15. The Hall–Kier alpha value is -4.38. The first-order valence-corrected chi connectivity index (χ1v) is 10.1. The molecule has 11 heteroatoms. The third-order valence-electron chi connectivity index (χ3n) is 4.22. The van der Waals surface area contributed by atoms with Gasteiger partial charge < -0.3 is 0 Å². The van der Waals surface area contributed by atoms with Crippen LogP contribution in [0, 0.1) is 10.1 Å². The Morgan fingerprint density at radius 3 is 2.28 bits per heavy atom. The second-order valence-corrected chi connectivity index (χ2v) is 7.29. The fourth-order valence-electron chi connectivity index (χ4n) is 2.67. The summed E-state index contributed by atoms with van der Waals surface area (Å²) in [5.74, 6) is -0.326. The number of tetrazole rings is 1. The van der Waals surface area contributed by atoms with Crippen molar-refractivity contribution in [3.63, 3.8) is 0 Å². The van der Waals surface area contributed by atoms with E-state index in [9.17, 15) is 14.9 Å². The quantitative estimate of drug-likeness (QED) is 0.113. The summed E-state index contributed by atoms with van der Waals surface area (Å²) < 4.78 is 1.50.